The molecule has 0 radical (unpaired) electrons. The third kappa shape index (κ3) is 4.18. The second-order valence-corrected chi connectivity index (χ2v) is 4.87. The summed E-state index contributed by atoms with van der Waals surface area (Å²) in [4.78, 5) is 1.40. The van der Waals surface area contributed by atoms with Gasteiger partial charge in [0.25, 0.3) is 0 Å². The molecule has 1 aliphatic carbocycles. The first-order chi connectivity index (χ1) is 8.89. The highest BCUT2D eigenvalue weighted by atomic mass is 19.4. The number of alkyl halides is 3. The summed E-state index contributed by atoms with van der Waals surface area (Å²) < 4.78 is 50.6. The summed E-state index contributed by atoms with van der Waals surface area (Å²) in [6.45, 7) is -0.645. The Morgan fingerprint density at radius 2 is 1.89 bits per heavy atom. The molecule has 0 atom stereocenters. The number of benzene rings is 1. The summed E-state index contributed by atoms with van der Waals surface area (Å²) in [6.07, 6.45) is -2.64. The maximum Gasteiger partial charge on any atom is 0.401 e. The number of nitrogens with zero attached hydrogens (tertiary/aromatic N) is 1. The van der Waals surface area contributed by atoms with Crippen molar-refractivity contribution in [3.63, 3.8) is 0 Å². The SMILES string of the molecule is NCc1cc(F)ccc1CN(CC(F)(F)F)C1CC1. The van der Waals surface area contributed by atoms with Crippen LogP contribution in [0.2, 0.25) is 0 Å². The van der Waals surface area contributed by atoms with Crippen LogP contribution in [-0.4, -0.2) is 23.7 Å². The molecule has 2 N–H and O–H groups in total. The van der Waals surface area contributed by atoms with Crippen LogP contribution in [0.3, 0.4) is 0 Å². The molecular weight excluding hydrogens is 260 g/mol. The van der Waals surface area contributed by atoms with Crippen LogP contribution in [0.1, 0.15) is 24.0 Å². The standard InChI is InChI=1S/C13H16F4N2/c14-11-2-1-9(10(5-11)6-18)7-19(12-3-4-12)8-13(15,16)17/h1-2,5,12H,3-4,6-8,18H2. The van der Waals surface area contributed by atoms with Crippen LogP contribution in [0.4, 0.5) is 17.6 Å². The number of rotatable bonds is 5. The van der Waals surface area contributed by atoms with E-state index in [4.69, 9.17) is 5.73 Å². The minimum absolute atomic E-state index is 0.0164. The average molecular weight is 276 g/mol. The van der Waals surface area contributed by atoms with Gasteiger partial charge in [0.1, 0.15) is 5.82 Å². The van der Waals surface area contributed by atoms with E-state index in [1.165, 1.54) is 23.1 Å². The zero-order valence-corrected chi connectivity index (χ0v) is 10.4. The van der Waals surface area contributed by atoms with Crippen LogP contribution in [0.25, 0.3) is 0 Å². The van der Waals surface area contributed by atoms with Gasteiger partial charge < -0.3 is 5.73 Å². The van der Waals surface area contributed by atoms with E-state index in [-0.39, 0.29) is 19.1 Å². The van der Waals surface area contributed by atoms with Crippen LogP contribution in [-0.2, 0) is 13.1 Å². The van der Waals surface area contributed by atoms with Crippen molar-refractivity contribution < 1.29 is 17.6 Å². The van der Waals surface area contributed by atoms with E-state index in [0.29, 0.717) is 11.1 Å². The summed E-state index contributed by atoms with van der Waals surface area (Å²) in [7, 11) is 0. The van der Waals surface area contributed by atoms with Gasteiger partial charge in [-0.05, 0) is 36.1 Å². The van der Waals surface area contributed by atoms with Gasteiger partial charge in [-0.3, -0.25) is 4.90 Å². The molecule has 0 spiro atoms. The van der Waals surface area contributed by atoms with Gasteiger partial charge in [0.2, 0.25) is 0 Å². The van der Waals surface area contributed by atoms with Gasteiger partial charge in [0, 0.05) is 19.1 Å². The molecule has 2 nitrogen and oxygen atoms in total. The van der Waals surface area contributed by atoms with E-state index in [1.54, 1.807) is 0 Å². The third-order valence-corrected chi connectivity index (χ3v) is 3.21. The Kier molecular flexibility index (Phi) is 4.10. The first kappa shape index (κ1) is 14.3. The number of hydrogen-bond donors (Lipinski definition) is 1. The second kappa shape index (κ2) is 5.46. The molecule has 0 unspecified atom stereocenters. The van der Waals surface area contributed by atoms with Crippen molar-refractivity contribution in [2.75, 3.05) is 6.54 Å². The van der Waals surface area contributed by atoms with Crippen molar-refractivity contribution in [2.45, 2.75) is 38.1 Å². The fourth-order valence-corrected chi connectivity index (χ4v) is 2.14. The van der Waals surface area contributed by atoms with Crippen molar-refractivity contribution in [2.24, 2.45) is 5.73 Å². The fourth-order valence-electron chi connectivity index (χ4n) is 2.14. The van der Waals surface area contributed by atoms with Crippen LogP contribution in [0, 0.1) is 5.82 Å². The molecule has 0 saturated heterocycles. The Morgan fingerprint density at radius 3 is 2.42 bits per heavy atom. The topological polar surface area (TPSA) is 29.3 Å². The van der Waals surface area contributed by atoms with Gasteiger partial charge in [-0.2, -0.15) is 13.2 Å². The Bertz CT molecular complexity index is 441. The summed E-state index contributed by atoms with van der Waals surface area (Å²) in [5, 5.41) is 0. The maximum atomic E-state index is 13.1. The lowest BCUT2D eigenvalue weighted by atomic mass is 10.1. The predicted octanol–water partition coefficient (Wildman–Crippen LogP) is 2.81. The lowest BCUT2D eigenvalue weighted by Gasteiger charge is -2.24. The molecule has 6 heteroatoms. The van der Waals surface area contributed by atoms with Crippen LogP contribution in [0.5, 0.6) is 0 Å². The van der Waals surface area contributed by atoms with Gasteiger partial charge >= 0.3 is 6.18 Å². The summed E-state index contributed by atoms with van der Waals surface area (Å²) in [5.41, 5.74) is 6.74. The summed E-state index contributed by atoms with van der Waals surface area (Å²) in [5.74, 6) is -0.419. The number of halogens is 4. The highest BCUT2D eigenvalue weighted by Crippen LogP contribution is 2.31. The van der Waals surface area contributed by atoms with Gasteiger partial charge in [-0.1, -0.05) is 6.07 Å². The van der Waals surface area contributed by atoms with E-state index in [1.807, 2.05) is 0 Å². The van der Waals surface area contributed by atoms with Crippen LogP contribution in [0.15, 0.2) is 18.2 Å². The molecule has 1 fully saturated rings. The van der Waals surface area contributed by atoms with Crippen molar-refractivity contribution in [3.8, 4) is 0 Å². The first-order valence-electron chi connectivity index (χ1n) is 6.17. The first-order valence-corrected chi connectivity index (χ1v) is 6.17. The quantitative estimate of drug-likeness (QED) is 0.838. The molecule has 1 aromatic rings. The molecule has 0 aliphatic heterocycles. The molecule has 1 aromatic carbocycles. The molecule has 1 saturated carbocycles. The Morgan fingerprint density at radius 1 is 1.21 bits per heavy atom. The molecule has 106 valence electrons. The third-order valence-electron chi connectivity index (χ3n) is 3.21. The lowest BCUT2D eigenvalue weighted by Crippen LogP contribution is -2.35. The molecule has 1 aliphatic rings. The average Bonchev–Trinajstić information content (AvgIpc) is 3.12. The maximum absolute atomic E-state index is 13.1. The van der Waals surface area contributed by atoms with Gasteiger partial charge in [-0.25, -0.2) is 4.39 Å². The molecule has 2 rings (SSSR count). The minimum Gasteiger partial charge on any atom is -0.326 e. The van der Waals surface area contributed by atoms with Crippen molar-refractivity contribution in [1.82, 2.24) is 4.90 Å². The number of hydrogen-bond acceptors (Lipinski definition) is 2. The second-order valence-electron chi connectivity index (χ2n) is 4.87. The van der Waals surface area contributed by atoms with Gasteiger partial charge in [0.05, 0.1) is 6.54 Å². The minimum atomic E-state index is -4.22. The Hall–Kier alpha value is -1.14. The van der Waals surface area contributed by atoms with E-state index in [9.17, 15) is 17.6 Å². The fraction of sp³-hybridized carbons (Fsp3) is 0.538. The largest absolute Gasteiger partial charge is 0.401 e. The normalized spacial score (nSPS) is 16.1. The molecule has 0 amide bonds. The lowest BCUT2D eigenvalue weighted by molar-refractivity contribution is -0.148. The van der Waals surface area contributed by atoms with Crippen molar-refractivity contribution in [3.05, 3.63) is 35.1 Å². The number of nitrogens with two attached hydrogens (primary N) is 1. The van der Waals surface area contributed by atoms with E-state index < -0.39 is 18.5 Å². The monoisotopic (exact) mass is 276 g/mol. The predicted molar refractivity (Wildman–Crippen MR) is 63.8 cm³/mol. The van der Waals surface area contributed by atoms with Crippen LogP contribution >= 0.6 is 0 Å². The van der Waals surface area contributed by atoms with Crippen LogP contribution < -0.4 is 5.73 Å². The highest BCUT2D eigenvalue weighted by molar-refractivity contribution is 5.28. The molecular formula is C13H16F4N2. The van der Waals surface area contributed by atoms with Gasteiger partial charge in [0.15, 0.2) is 0 Å². The van der Waals surface area contributed by atoms with E-state index >= 15 is 0 Å². The van der Waals surface area contributed by atoms with Gasteiger partial charge in [-0.15, -0.1) is 0 Å². The Labute approximate surface area is 109 Å². The molecule has 0 bridgehead atoms. The summed E-state index contributed by atoms with van der Waals surface area (Å²) in [6, 6.07) is 4.04. The van der Waals surface area contributed by atoms with E-state index in [0.717, 1.165) is 12.8 Å². The molecule has 0 heterocycles. The van der Waals surface area contributed by atoms with Crippen molar-refractivity contribution in [1.29, 1.82) is 0 Å². The molecule has 19 heavy (non-hydrogen) atoms. The van der Waals surface area contributed by atoms with E-state index in [2.05, 4.69) is 0 Å². The smallest absolute Gasteiger partial charge is 0.326 e. The highest BCUT2D eigenvalue weighted by Gasteiger charge is 2.38. The Balaban J connectivity index is 2.12. The molecule has 0 aromatic heterocycles. The van der Waals surface area contributed by atoms with Crippen molar-refractivity contribution >= 4 is 0 Å². The zero-order valence-electron chi connectivity index (χ0n) is 10.4. The zero-order chi connectivity index (χ0) is 14.0. The summed E-state index contributed by atoms with van der Waals surface area (Å²) >= 11 is 0.